The molecule has 19 rings (SSSR count). The van der Waals surface area contributed by atoms with Crippen molar-refractivity contribution in [2.24, 2.45) is 4.99 Å². The average Bonchev–Trinajstić information content (AvgIpc) is 1.63. The van der Waals surface area contributed by atoms with E-state index in [-0.39, 0.29) is 18.1 Å². The van der Waals surface area contributed by atoms with Gasteiger partial charge in [0.25, 0.3) is 0 Å². The Morgan fingerprint density at radius 3 is 1.96 bits per heavy atom. The van der Waals surface area contributed by atoms with Crippen LogP contribution >= 0.6 is 0 Å². The van der Waals surface area contributed by atoms with Gasteiger partial charge in [-0.25, -0.2) is 4.99 Å². The summed E-state index contributed by atoms with van der Waals surface area (Å²) in [4.78, 5) is 8.45. The SMILES string of the molecule is CC1CC=Cc2c3c(n(-c4cccc(-c5ccc(C6N=C(N7c8cccc(C9=CCCc%10c9c9ccccc9n%10-c9ccccc9)c8C8C=CC=CC87)c7ccc8ccccc8c7N6)cc5)c4)c21)CCC=C3c1cccc2c1c1ccccc1n2-c1ccccc1. The number of allylic oxidation sites excluding steroid dienone is 5. The molecule has 91 heavy (non-hydrogen) atoms. The first-order valence-corrected chi connectivity index (χ1v) is 32.6. The molecule has 4 aliphatic carbocycles. The molecule has 4 atom stereocenters. The first-order valence-electron chi connectivity index (χ1n) is 32.6. The molecule has 5 heterocycles. The van der Waals surface area contributed by atoms with Gasteiger partial charge in [0.05, 0.1) is 28.3 Å². The molecule has 0 radical (unpaired) electrons. The van der Waals surface area contributed by atoms with E-state index in [1.807, 2.05) is 0 Å². The summed E-state index contributed by atoms with van der Waals surface area (Å²) in [5, 5.41) is 10.3. The first kappa shape index (κ1) is 52.0. The minimum absolute atomic E-state index is 0.0301. The maximum absolute atomic E-state index is 5.88. The van der Waals surface area contributed by atoms with Gasteiger partial charge in [-0.15, -0.1) is 0 Å². The molecule has 0 spiro atoms. The molecule has 6 heteroatoms. The third-order valence-corrected chi connectivity index (χ3v) is 20.5. The molecular formula is C85H64N6. The molecular weight excluding hydrogens is 1100 g/mol. The van der Waals surface area contributed by atoms with Crippen LogP contribution in [-0.2, 0) is 12.8 Å². The van der Waals surface area contributed by atoms with Gasteiger partial charge in [-0.2, -0.15) is 0 Å². The summed E-state index contributed by atoms with van der Waals surface area (Å²) in [7, 11) is 0. The second kappa shape index (κ2) is 20.6. The van der Waals surface area contributed by atoms with Gasteiger partial charge in [0.15, 0.2) is 0 Å². The van der Waals surface area contributed by atoms with Crippen LogP contribution in [0.3, 0.4) is 0 Å². The van der Waals surface area contributed by atoms with Crippen LogP contribution in [0, 0.1) is 0 Å². The zero-order chi connectivity index (χ0) is 59.8. The monoisotopic (exact) mass is 1170 g/mol. The van der Waals surface area contributed by atoms with Crippen LogP contribution in [0.2, 0.25) is 0 Å². The number of nitrogens with zero attached hydrogens (tertiary/aromatic N) is 5. The maximum Gasteiger partial charge on any atom is 0.147 e. The van der Waals surface area contributed by atoms with Gasteiger partial charge in [-0.1, -0.05) is 219 Å². The zero-order valence-corrected chi connectivity index (χ0v) is 50.6. The number of amidine groups is 1. The number of hydrogen-bond donors (Lipinski definition) is 1. The Morgan fingerprint density at radius 2 is 1.14 bits per heavy atom. The fourth-order valence-electron chi connectivity index (χ4n) is 16.7. The number of aliphatic imine (C=N–C) groups is 1. The highest BCUT2D eigenvalue weighted by Gasteiger charge is 2.44. The number of benzene rings is 10. The van der Waals surface area contributed by atoms with Crippen LogP contribution in [0.1, 0.15) is 106 Å². The third kappa shape index (κ3) is 7.88. The molecule has 4 unspecified atom stereocenters. The number of para-hydroxylation sites is 4. The van der Waals surface area contributed by atoms with Crippen LogP contribution in [0.4, 0.5) is 11.4 Å². The number of anilines is 2. The molecule has 13 aromatic rings. The predicted octanol–water partition coefficient (Wildman–Crippen LogP) is 20.6. The Bertz CT molecular complexity index is 5390. The Labute approximate surface area is 529 Å². The molecule has 6 nitrogen and oxygen atoms in total. The van der Waals surface area contributed by atoms with Crippen molar-refractivity contribution < 1.29 is 0 Å². The second-order valence-corrected chi connectivity index (χ2v) is 25.5. The van der Waals surface area contributed by atoms with Crippen LogP contribution in [-0.4, -0.2) is 25.6 Å². The average molecular weight is 1170 g/mol. The molecule has 6 aliphatic rings. The molecule has 0 amide bonds. The number of rotatable bonds is 7. The minimum Gasteiger partial charge on any atom is -0.359 e. The quantitative estimate of drug-likeness (QED) is 0.173. The Morgan fingerprint density at radius 1 is 0.495 bits per heavy atom. The molecule has 2 aliphatic heterocycles. The molecule has 0 saturated carbocycles. The zero-order valence-electron chi connectivity index (χ0n) is 50.6. The molecule has 434 valence electrons. The molecule has 3 aromatic heterocycles. The number of aromatic nitrogens is 3. The van der Waals surface area contributed by atoms with Gasteiger partial charge in [0.1, 0.15) is 12.0 Å². The molecule has 1 N–H and O–H groups in total. The summed E-state index contributed by atoms with van der Waals surface area (Å²) >= 11 is 0. The summed E-state index contributed by atoms with van der Waals surface area (Å²) in [6.07, 6.45) is 23.7. The fourth-order valence-corrected chi connectivity index (χ4v) is 16.7. The summed E-state index contributed by atoms with van der Waals surface area (Å²) < 4.78 is 7.60. The van der Waals surface area contributed by atoms with E-state index in [1.54, 1.807) is 0 Å². The van der Waals surface area contributed by atoms with E-state index in [0.717, 1.165) is 54.8 Å². The number of nitrogens with one attached hydrogen (secondary N) is 1. The Kier molecular flexibility index (Phi) is 11.8. The van der Waals surface area contributed by atoms with Crippen molar-refractivity contribution in [2.75, 3.05) is 10.2 Å². The second-order valence-electron chi connectivity index (χ2n) is 25.5. The Balaban J connectivity index is 0.702. The van der Waals surface area contributed by atoms with Crippen molar-refractivity contribution in [3.63, 3.8) is 0 Å². The lowest BCUT2D eigenvalue weighted by molar-refractivity contribution is 0.704. The summed E-state index contributed by atoms with van der Waals surface area (Å²) in [6, 6.07) is 85.5. The number of fused-ring (bicyclic) bond motifs is 15. The van der Waals surface area contributed by atoms with E-state index >= 15 is 0 Å². The van der Waals surface area contributed by atoms with E-state index in [2.05, 4.69) is 310 Å². The fraction of sp³-hybridized carbons (Fsp3) is 0.118. The van der Waals surface area contributed by atoms with Gasteiger partial charge in [0.2, 0.25) is 0 Å². The highest BCUT2D eigenvalue weighted by Crippen LogP contribution is 2.53. The van der Waals surface area contributed by atoms with E-state index in [9.17, 15) is 0 Å². The van der Waals surface area contributed by atoms with E-state index < -0.39 is 0 Å². The van der Waals surface area contributed by atoms with E-state index in [4.69, 9.17) is 4.99 Å². The molecule has 10 aromatic carbocycles. The highest BCUT2D eigenvalue weighted by atomic mass is 15.3. The lowest BCUT2D eigenvalue weighted by Gasteiger charge is -2.35. The van der Waals surface area contributed by atoms with Gasteiger partial charge in [-0.3, -0.25) is 0 Å². The van der Waals surface area contributed by atoms with Crippen LogP contribution in [0.25, 0.3) is 88.9 Å². The van der Waals surface area contributed by atoms with Crippen molar-refractivity contribution in [1.29, 1.82) is 0 Å². The van der Waals surface area contributed by atoms with Crippen molar-refractivity contribution in [3.8, 4) is 28.2 Å². The highest BCUT2D eigenvalue weighted by molar-refractivity contribution is 6.20. The first-order chi connectivity index (χ1) is 45.1. The van der Waals surface area contributed by atoms with Gasteiger partial charge in [-0.05, 0) is 149 Å². The van der Waals surface area contributed by atoms with Crippen LogP contribution in [0.5, 0.6) is 0 Å². The van der Waals surface area contributed by atoms with Gasteiger partial charge >= 0.3 is 0 Å². The van der Waals surface area contributed by atoms with Crippen LogP contribution in [0.15, 0.2) is 278 Å². The van der Waals surface area contributed by atoms with Crippen molar-refractivity contribution in [1.82, 2.24) is 13.7 Å². The van der Waals surface area contributed by atoms with E-state index in [1.165, 1.54) is 139 Å². The van der Waals surface area contributed by atoms with Crippen LogP contribution < -0.4 is 10.2 Å². The van der Waals surface area contributed by atoms with Crippen molar-refractivity contribution >= 4 is 77.9 Å². The van der Waals surface area contributed by atoms with E-state index in [0.29, 0.717) is 5.92 Å². The topological polar surface area (TPSA) is 42.4 Å². The lowest BCUT2D eigenvalue weighted by Crippen LogP contribution is -2.41. The normalized spacial score (nSPS) is 18.5. The standard InChI is InChI=1S/C85H64N6/c1-53-22-16-38-69-81-65(64-35-19-43-75-79(64)67-32-11-14-40-72(67)89(75)59-27-6-3-7-28-59)37-20-44-76(81)90(83(53)69)60-29-17-24-57(52-60)54-46-48-56(49-47-54)84-86-82-61-30-9-8-23-55(61)50-51-70(82)85(87-84)91-73-41-15-12-33-68(73)80-63(36-21-45-77(80)91)62-34-18-42-74-78(62)66-31-10-13-39-71(66)88(74)58-25-4-2-5-26-58/h2-17,19,21,23-41,43,45-53,68,73,84,86H,18,20,22,42,44H2,1H3. The molecule has 0 fully saturated rings. The van der Waals surface area contributed by atoms with Crippen molar-refractivity contribution in [3.05, 3.63) is 335 Å². The molecule has 0 saturated heterocycles. The van der Waals surface area contributed by atoms with Crippen molar-refractivity contribution in [2.45, 2.75) is 63.1 Å². The van der Waals surface area contributed by atoms with Gasteiger partial charge in [0, 0.05) is 95.5 Å². The largest absolute Gasteiger partial charge is 0.359 e. The third-order valence-electron chi connectivity index (χ3n) is 20.5. The lowest BCUT2D eigenvalue weighted by atomic mass is 9.82. The minimum atomic E-state index is -0.342. The Hall–Kier alpha value is -11.0. The predicted molar refractivity (Wildman–Crippen MR) is 379 cm³/mol. The summed E-state index contributed by atoms with van der Waals surface area (Å²) in [6.45, 7) is 2.41. The summed E-state index contributed by atoms with van der Waals surface area (Å²) in [5.41, 5.74) is 29.2. The smallest absolute Gasteiger partial charge is 0.147 e. The summed E-state index contributed by atoms with van der Waals surface area (Å²) in [5.74, 6) is 1.46. The van der Waals surface area contributed by atoms with Gasteiger partial charge < -0.3 is 23.9 Å². The number of hydrogen-bond acceptors (Lipinski definition) is 3. The maximum atomic E-state index is 5.88. The molecule has 0 bridgehead atoms.